The number of ether oxygens (including phenoxy) is 1. The van der Waals surface area contributed by atoms with Gasteiger partial charge in [0.2, 0.25) is 0 Å². The topological polar surface area (TPSA) is 56.1 Å². The number of carbonyl (C=O) groups is 1. The molecule has 0 spiro atoms. The molecule has 128 valence electrons. The number of aryl methyl sites for hydroxylation is 1. The van der Waals surface area contributed by atoms with Crippen molar-refractivity contribution in [2.45, 2.75) is 12.1 Å². The quantitative estimate of drug-likeness (QED) is 0.753. The van der Waals surface area contributed by atoms with Crippen LogP contribution in [0.25, 0.3) is 0 Å². The Kier molecular flexibility index (Phi) is 5.26. The molecule has 3 rings (SSSR count). The molecule has 0 saturated carbocycles. The lowest BCUT2D eigenvalue weighted by Crippen LogP contribution is -2.35. The van der Waals surface area contributed by atoms with E-state index in [9.17, 15) is 4.79 Å². The molecule has 0 bridgehead atoms. The van der Waals surface area contributed by atoms with Crippen LogP contribution < -0.4 is 5.32 Å². The third-order valence-corrected chi connectivity index (χ3v) is 4.11. The molecule has 1 amide bonds. The molecule has 1 heterocycles. The zero-order chi connectivity index (χ0) is 17.6. The van der Waals surface area contributed by atoms with Crippen molar-refractivity contribution in [1.29, 1.82) is 0 Å². The van der Waals surface area contributed by atoms with E-state index in [0.29, 0.717) is 0 Å². The fraction of sp³-hybridized carbons (Fsp3) is 0.200. The van der Waals surface area contributed by atoms with E-state index in [1.807, 2.05) is 78.5 Å². The third kappa shape index (κ3) is 3.78. The van der Waals surface area contributed by atoms with Crippen LogP contribution in [-0.2, 0) is 16.6 Å². The lowest BCUT2D eigenvalue weighted by Gasteiger charge is -2.22. The summed E-state index contributed by atoms with van der Waals surface area (Å²) in [4.78, 5) is 17.3. The number of benzene rings is 2. The van der Waals surface area contributed by atoms with E-state index >= 15 is 0 Å². The SMILES string of the molecule is COC(C(=O)NC(c1ccccc1)c1nccn1C)c1ccccc1. The van der Waals surface area contributed by atoms with Crippen LogP contribution >= 0.6 is 0 Å². The molecule has 5 nitrogen and oxygen atoms in total. The minimum Gasteiger partial charge on any atom is -0.367 e. The zero-order valence-electron chi connectivity index (χ0n) is 14.3. The molecule has 0 aliphatic carbocycles. The maximum absolute atomic E-state index is 12.9. The van der Waals surface area contributed by atoms with Gasteiger partial charge in [-0.05, 0) is 11.1 Å². The van der Waals surface area contributed by atoms with E-state index in [0.717, 1.165) is 17.0 Å². The second-order valence-electron chi connectivity index (χ2n) is 5.78. The predicted octanol–water partition coefficient (Wildman–Crippen LogP) is 3.01. The first-order valence-electron chi connectivity index (χ1n) is 8.11. The van der Waals surface area contributed by atoms with Crippen molar-refractivity contribution in [3.63, 3.8) is 0 Å². The number of hydrogen-bond donors (Lipinski definition) is 1. The maximum Gasteiger partial charge on any atom is 0.254 e. The summed E-state index contributed by atoms with van der Waals surface area (Å²) in [6.45, 7) is 0. The Hall–Kier alpha value is -2.92. The van der Waals surface area contributed by atoms with Gasteiger partial charge in [0.05, 0.1) is 0 Å². The second-order valence-corrected chi connectivity index (χ2v) is 5.78. The van der Waals surface area contributed by atoms with Crippen molar-refractivity contribution in [3.8, 4) is 0 Å². The average molecular weight is 335 g/mol. The highest BCUT2D eigenvalue weighted by Gasteiger charge is 2.26. The van der Waals surface area contributed by atoms with Gasteiger partial charge in [0.1, 0.15) is 11.9 Å². The van der Waals surface area contributed by atoms with E-state index in [2.05, 4.69) is 10.3 Å². The molecule has 0 fully saturated rings. The van der Waals surface area contributed by atoms with Crippen molar-refractivity contribution in [3.05, 3.63) is 90.0 Å². The summed E-state index contributed by atoms with van der Waals surface area (Å²) >= 11 is 0. The van der Waals surface area contributed by atoms with Gasteiger partial charge in [0.15, 0.2) is 6.10 Å². The normalized spacial score (nSPS) is 13.2. The minimum atomic E-state index is -0.673. The molecule has 2 unspecified atom stereocenters. The fourth-order valence-corrected chi connectivity index (χ4v) is 2.84. The average Bonchev–Trinajstić information content (AvgIpc) is 3.08. The van der Waals surface area contributed by atoms with Gasteiger partial charge in [-0.2, -0.15) is 0 Å². The van der Waals surface area contributed by atoms with E-state index < -0.39 is 6.10 Å². The predicted molar refractivity (Wildman–Crippen MR) is 95.8 cm³/mol. The summed E-state index contributed by atoms with van der Waals surface area (Å²) in [6.07, 6.45) is 2.91. The molecule has 1 aromatic heterocycles. The monoisotopic (exact) mass is 335 g/mol. The van der Waals surface area contributed by atoms with Crippen molar-refractivity contribution >= 4 is 5.91 Å². The summed E-state index contributed by atoms with van der Waals surface area (Å²) in [5.74, 6) is 0.563. The second kappa shape index (κ2) is 7.77. The van der Waals surface area contributed by atoms with Crippen LogP contribution in [-0.4, -0.2) is 22.6 Å². The molecule has 3 aromatic rings. The summed E-state index contributed by atoms with van der Waals surface area (Å²) < 4.78 is 7.35. The lowest BCUT2D eigenvalue weighted by molar-refractivity contribution is -0.132. The molecule has 25 heavy (non-hydrogen) atoms. The summed E-state index contributed by atoms with van der Waals surface area (Å²) in [6, 6.07) is 18.9. The van der Waals surface area contributed by atoms with Crippen LogP contribution in [0.5, 0.6) is 0 Å². The van der Waals surface area contributed by atoms with Crippen molar-refractivity contribution in [2.24, 2.45) is 7.05 Å². The van der Waals surface area contributed by atoms with Gasteiger partial charge in [-0.3, -0.25) is 4.79 Å². The van der Waals surface area contributed by atoms with Crippen LogP contribution in [0.2, 0.25) is 0 Å². The summed E-state index contributed by atoms with van der Waals surface area (Å²) in [5.41, 5.74) is 1.78. The number of nitrogens with one attached hydrogen (secondary N) is 1. The molecule has 0 saturated heterocycles. The molecule has 5 heteroatoms. The number of methoxy groups -OCH3 is 1. The highest BCUT2D eigenvalue weighted by Crippen LogP contribution is 2.23. The van der Waals surface area contributed by atoms with Gasteiger partial charge in [0.25, 0.3) is 5.91 Å². The van der Waals surface area contributed by atoms with Gasteiger partial charge in [0, 0.05) is 26.6 Å². The number of rotatable bonds is 6. The molecule has 2 atom stereocenters. The van der Waals surface area contributed by atoms with E-state index in [4.69, 9.17) is 4.74 Å². The van der Waals surface area contributed by atoms with E-state index in [1.54, 1.807) is 6.20 Å². The first-order chi connectivity index (χ1) is 12.2. The number of carbonyl (C=O) groups excluding carboxylic acids is 1. The largest absolute Gasteiger partial charge is 0.367 e. The van der Waals surface area contributed by atoms with Gasteiger partial charge >= 0.3 is 0 Å². The van der Waals surface area contributed by atoms with Crippen LogP contribution in [0.15, 0.2) is 73.1 Å². The van der Waals surface area contributed by atoms with Crippen molar-refractivity contribution in [1.82, 2.24) is 14.9 Å². The Bertz CT molecular complexity index is 815. The minimum absolute atomic E-state index is 0.203. The summed E-state index contributed by atoms with van der Waals surface area (Å²) in [5, 5.41) is 3.08. The smallest absolute Gasteiger partial charge is 0.254 e. The Morgan fingerprint density at radius 3 is 2.16 bits per heavy atom. The number of hydrogen-bond acceptors (Lipinski definition) is 3. The lowest BCUT2D eigenvalue weighted by atomic mass is 10.0. The molecule has 2 aromatic carbocycles. The highest BCUT2D eigenvalue weighted by atomic mass is 16.5. The molecular formula is C20H21N3O2. The summed E-state index contributed by atoms with van der Waals surface area (Å²) in [7, 11) is 3.45. The van der Waals surface area contributed by atoms with Crippen LogP contribution in [0.1, 0.15) is 29.1 Å². The molecule has 0 aliphatic heterocycles. The van der Waals surface area contributed by atoms with Crippen LogP contribution in [0.4, 0.5) is 0 Å². The van der Waals surface area contributed by atoms with Crippen LogP contribution in [0, 0.1) is 0 Å². The van der Waals surface area contributed by atoms with Crippen molar-refractivity contribution < 1.29 is 9.53 Å². The molecule has 0 radical (unpaired) electrons. The van der Waals surface area contributed by atoms with Gasteiger partial charge in [-0.15, -0.1) is 0 Å². The number of imidazole rings is 1. The van der Waals surface area contributed by atoms with E-state index in [-0.39, 0.29) is 11.9 Å². The molecule has 1 N–H and O–H groups in total. The third-order valence-electron chi connectivity index (χ3n) is 4.11. The Morgan fingerprint density at radius 1 is 1.04 bits per heavy atom. The Morgan fingerprint density at radius 2 is 1.64 bits per heavy atom. The van der Waals surface area contributed by atoms with Gasteiger partial charge < -0.3 is 14.6 Å². The number of nitrogens with zero attached hydrogens (tertiary/aromatic N) is 2. The maximum atomic E-state index is 12.9. The first-order valence-corrected chi connectivity index (χ1v) is 8.11. The highest BCUT2D eigenvalue weighted by molar-refractivity contribution is 5.83. The zero-order valence-corrected chi connectivity index (χ0v) is 14.3. The first kappa shape index (κ1) is 16.9. The number of amides is 1. The van der Waals surface area contributed by atoms with Crippen molar-refractivity contribution in [2.75, 3.05) is 7.11 Å². The van der Waals surface area contributed by atoms with E-state index in [1.165, 1.54) is 7.11 Å². The van der Waals surface area contributed by atoms with Gasteiger partial charge in [-0.1, -0.05) is 60.7 Å². The number of aromatic nitrogens is 2. The molecular weight excluding hydrogens is 314 g/mol. The van der Waals surface area contributed by atoms with Gasteiger partial charge in [-0.25, -0.2) is 4.98 Å². The fourth-order valence-electron chi connectivity index (χ4n) is 2.84. The Labute approximate surface area is 147 Å². The Balaban J connectivity index is 1.90. The van der Waals surface area contributed by atoms with Crippen LogP contribution in [0.3, 0.4) is 0 Å². The molecule has 0 aliphatic rings. The standard InChI is InChI=1S/C20H21N3O2/c1-23-14-13-21-19(23)17(15-9-5-3-6-10-15)22-20(24)18(25-2)16-11-7-4-8-12-16/h3-14,17-18H,1-2H3,(H,22,24).